The summed E-state index contributed by atoms with van der Waals surface area (Å²) < 4.78 is 126. The molecule has 154 valence electrons. The fraction of sp³-hybridized carbons (Fsp3) is 0.364. The first-order valence-corrected chi connectivity index (χ1v) is 8.17. The Labute approximate surface area is 139 Å². The Hall–Kier alpha value is -1.85. The van der Waals surface area contributed by atoms with Crippen LogP contribution in [0.3, 0.4) is 0 Å². The van der Waals surface area contributed by atoms with Crippen LogP contribution in [-0.4, -0.2) is 37.6 Å². The molecule has 15 heteroatoms. The predicted molar refractivity (Wildman–Crippen MR) is 72.7 cm³/mol. The van der Waals surface area contributed by atoms with E-state index in [4.69, 9.17) is 0 Å². The molecule has 26 heavy (non-hydrogen) atoms. The average molecular weight is 428 g/mol. The molecule has 0 radical (unpaired) electrons. The van der Waals surface area contributed by atoms with Crippen molar-refractivity contribution in [1.29, 1.82) is 0 Å². The second-order valence-electron chi connectivity index (χ2n) is 4.46. The van der Waals surface area contributed by atoms with E-state index in [1.165, 1.54) is 19.2 Å². The van der Waals surface area contributed by atoms with Crippen LogP contribution in [0, 0.1) is 0 Å². The number of hydrogen-bond acceptors (Lipinski definition) is 1. The van der Waals surface area contributed by atoms with Crippen molar-refractivity contribution in [2.24, 2.45) is 0 Å². The summed E-state index contributed by atoms with van der Waals surface area (Å²) in [5.74, 6) is 0. The molecule has 0 N–H and O–H groups in total. The van der Waals surface area contributed by atoms with Gasteiger partial charge in [-0.3, -0.25) is 0 Å². The molecule has 0 unspecified atom stereocenters. The van der Waals surface area contributed by atoms with Crippen molar-refractivity contribution in [3.8, 4) is 0 Å². The number of amidine groups is 1. The van der Waals surface area contributed by atoms with E-state index in [9.17, 15) is 47.1 Å². The Morgan fingerprint density at radius 1 is 1.00 bits per heavy atom. The molecule has 0 amide bonds. The number of para-hydroxylation sites is 1. The van der Waals surface area contributed by atoms with Crippen LogP contribution in [0.1, 0.15) is 0 Å². The number of alkyl halides is 5. The molecule has 1 aromatic carbocycles. The van der Waals surface area contributed by atoms with Gasteiger partial charge >= 0.3 is 51.9 Å². The van der Waals surface area contributed by atoms with Crippen molar-refractivity contribution < 1.29 is 56.4 Å². The summed E-state index contributed by atoms with van der Waals surface area (Å²) in [6.45, 7) is -3.76. The number of rotatable bonds is 2. The van der Waals surface area contributed by atoms with Gasteiger partial charge in [0.05, 0.1) is 14.2 Å². The zero-order valence-corrected chi connectivity index (χ0v) is 13.8. The predicted octanol–water partition coefficient (Wildman–Crippen LogP) is 6.26. The molecule has 0 heterocycles. The molecule has 0 aliphatic heterocycles. The quantitative estimate of drug-likeness (QED) is 0.138. The molecule has 0 spiro atoms. The molecule has 0 bridgehead atoms. The summed E-state index contributed by atoms with van der Waals surface area (Å²) in [5.41, 5.74) is 0.286. The normalized spacial score (nSPS) is 15.9. The van der Waals surface area contributed by atoms with E-state index in [-0.39, 0.29) is 5.69 Å². The molecule has 3 nitrogen and oxygen atoms in total. The molecule has 1 aromatic rings. The van der Waals surface area contributed by atoms with Crippen LogP contribution in [0.2, 0.25) is 0 Å². The Balaban J connectivity index is 0.000000758. The third-order valence-electron chi connectivity index (χ3n) is 2.29. The number of hydrogen-bond donors (Lipinski definition) is 0. The fourth-order valence-corrected chi connectivity index (χ4v) is 1.46. The number of methoxy groups -OCH3 is 1. The van der Waals surface area contributed by atoms with Gasteiger partial charge in [-0.1, -0.05) is 22.8 Å². The number of halogens is 11. The summed E-state index contributed by atoms with van der Waals surface area (Å²) in [7, 11) is -8.56. The van der Waals surface area contributed by atoms with Gasteiger partial charge < -0.3 is 4.74 Å². The summed E-state index contributed by atoms with van der Waals surface area (Å²) in [6, 6.07) is 6.73. The number of benzene rings is 1. The Bertz CT molecular complexity index is 613. The van der Waals surface area contributed by atoms with Crippen molar-refractivity contribution in [3.05, 3.63) is 30.3 Å². The van der Waals surface area contributed by atoms with E-state index in [0.29, 0.717) is 0 Å². The second kappa shape index (κ2) is 7.05. The minimum atomic E-state index is -10.7. The van der Waals surface area contributed by atoms with Crippen LogP contribution < -0.4 is 4.90 Å². The van der Waals surface area contributed by atoms with Crippen molar-refractivity contribution in [1.82, 2.24) is 0 Å². The standard InChI is InChI=1S/C11H12F5N2O.F6P/c1-17(8-6-4-3-5-7-8)10(19-2)18(9(12)13)11(14,15)16;1-7(2,3,4,5)6/h3-7,9H,1-2H3;/q+1;-1. The molecular formula is C11H12F11N2OP. The number of nitrogens with zero attached hydrogens (tertiary/aromatic N) is 2. The Kier molecular flexibility index (Phi) is 6.54. The van der Waals surface area contributed by atoms with E-state index in [1.54, 1.807) is 18.2 Å². The first kappa shape index (κ1) is 24.1. The van der Waals surface area contributed by atoms with E-state index in [0.717, 1.165) is 12.0 Å². The van der Waals surface area contributed by atoms with E-state index in [2.05, 4.69) is 4.74 Å². The molecule has 0 saturated heterocycles. The third kappa shape index (κ3) is 10.9. The van der Waals surface area contributed by atoms with E-state index in [1.807, 2.05) is 0 Å². The van der Waals surface area contributed by atoms with Gasteiger partial charge in [-0.15, -0.1) is 13.2 Å². The summed E-state index contributed by atoms with van der Waals surface area (Å²) in [6.07, 6.45) is -5.25. The summed E-state index contributed by atoms with van der Waals surface area (Å²) >= 11 is 0. The van der Waals surface area contributed by atoms with Gasteiger partial charge in [0.1, 0.15) is 5.69 Å². The maximum atomic E-state index is 12.6. The first-order chi connectivity index (χ1) is 11.2. The summed E-state index contributed by atoms with van der Waals surface area (Å²) in [5, 5.41) is 0. The first-order valence-electron chi connectivity index (χ1n) is 6.14. The van der Waals surface area contributed by atoms with Gasteiger partial charge in [-0.2, -0.15) is 13.7 Å². The topological polar surface area (TPSA) is 15.5 Å². The monoisotopic (exact) mass is 428 g/mol. The Morgan fingerprint density at radius 3 is 1.65 bits per heavy atom. The fourth-order valence-electron chi connectivity index (χ4n) is 1.46. The molecule has 1 rings (SSSR count). The van der Waals surface area contributed by atoms with Gasteiger partial charge in [0, 0.05) is 0 Å². The van der Waals surface area contributed by atoms with Gasteiger partial charge in [0.2, 0.25) is 0 Å². The third-order valence-corrected chi connectivity index (χ3v) is 2.29. The van der Waals surface area contributed by atoms with Gasteiger partial charge in [0.25, 0.3) is 0 Å². The van der Waals surface area contributed by atoms with Crippen LogP contribution in [0.5, 0.6) is 0 Å². The van der Waals surface area contributed by atoms with Crippen LogP contribution in [0.15, 0.2) is 30.3 Å². The molecule has 0 fully saturated rings. The molecule has 0 aliphatic carbocycles. The van der Waals surface area contributed by atoms with Crippen LogP contribution in [0.25, 0.3) is 0 Å². The number of anilines is 1. The average Bonchev–Trinajstić information content (AvgIpc) is 2.39. The van der Waals surface area contributed by atoms with Crippen LogP contribution >= 0.6 is 7.81 Å². The number of ether oxygens (including phenoxy) is 1. The molecular weight excluding hydrogens is 416 g/mol. The second-order valence-corrected chi connectivity index (χ2v) is 6.37. The summed E-state index contributed by atoms with van der Waals surface area (Å²) in [4.78, 5) is 0.889. The zero-order valence-electron chi connectivity index (χ0n) is 12.9. The SMILES string of the molecule is COC(N(C)c1ccccc1)=[N+](C(F)F)C(F)(F)F.F[P-](F)(F)(F)(F)F. The van der Waals surface area contributed by atoms with E-state index >= 15 is 0 Å². The molecule has 0 aliphatic rings. The van der Waals surface area contributed by atoms with E-state index < -0.39 is 31.3 Å². The minimum absolute atomic E-state index is 0.286. The molecule has 0 atom stereocenters. The van der Waals surface area contributed by atoms with Crippen molar-refractivity contribution >= 4 is 19.5 Å². The molecule has 0 saturated carbocycles. The van der Waals surface area contributed by atoms with Gasteiger partial charge in [0.15, 0.2) is 0 Å². The zero-order chi connectivity index (χ0) is 21.0. The van der Waals surface area contributed by atoms with Crippen LogP contribution in [0.4, 0.5) is 52.8 Å². The van der Waals surface area contributed by atoms with Crippen LogP contribution in [-0.2, 0) is 4.74 Å². The Morgan fingerprint density at radius 2 is 1.38 bits per heavy atom. The van der Waals surface area contributed by atoms with Crippen molar-refractivity contribution in [2.75, 3.05) is 19.1 Å². The van der Waals surface area contributed by atoms with Crippen molar-refractivity contribution in [3.63, 3.8) is 0 Å². The van der Waals surface area contributed by atoms with Crippen molar-refractivity contribution in [2.45, 2.75) is 12.8 Å². The molecule has 0 aromatic heterocycles. The van der Waals surface area contributed by atoms with Gasteiger partial charge in [-0.25, -0.2) is 0 Å². The maximum absolute atomic E-state index is 12.6. The van der Waals surface area contributed by atoms with Gasteiger partial charge in [-0.05, 0) is 12.1 Å².